The maximum absolute atomic E-state index is 12.8. The Balaban J connectivity index is 2.04. The van der Waals surface area contributed by atoms with E-state index in [1.54, 1.807) is 18.2 Å². The molecule has 1 amide bonds. The first-order valence-corrected chi connectivity index (χ1v) is 7.41. The van der Waals surface area contributed by atoms with Gasteiger partial charge in [-0.2, -0.15) is 0 Å². The number of para-hydroxylation sites is 1. The fourth-order valence-corrected chi connectivity index (χ4v) is 3.10. The zero-order valence-corrected chi connectivity index (χ0v) is 12.7. The number of hydrogen-bond acceptors (Lipinski definition) is 2. The van der Waals surface area contributed by atoms with Gasteiger partial charge in [-0.25, -0.2) is 0 Å². The molecule has 3 nitrogen and oxygen atoms in total. The van der Waals surface area contributed by atoms with Crippen molar-refractivity contribution in [2.75, 3.05) is 17.2 Å². The molecule has 0 saturated carbocycles. The highest BCUT2D eigenvalue weighted by molar-refractivity contribution is 6.31. The number of nitrogen functional groups attached to an aromatic ring is 1. The summed E-state index contributed by atoms with van der Waals surface area (Å²) in [6.07, 6.45) is 1.98. The first-order valence-electron chi connectivity index (χ1n) is 7.03. The van der Waals surface area contributed by atoms with Crippen LogP contribution in [0.5, 0.6) is 0 Å². The summed E-state index contributed by atoms with van der Waals surface area (Å²) in [7, 11) is 0. The number of carbonyl (C=O) groups excluding carboxylic acids is 1. The van der Waals surface area contributed by atoms with E-state index in [-0.39, 0.29) is 5.91 Å². The molecule has 0 bridgehead atoms. The number of nitrogens with two attached hydrogens (primary N) is 1. The highest BCUT2D eigenvalue weighted by Crippen LogP contribution is 2.32. The number of rotatable bonds is 1. The summed E-state index contributed by atoms with van der Waals surface area (Å²) in [6.45, 7) is 2.76. The predicted molar refractivity (Wildman–Crippen MR) is 87.0 cm³/mol. The second-order valence-corrected chi connectivity index (χ2v) is 5.81. The molecule has 3 rings (SSSR count). The SMILES string of the molecule is Cc1cccc2c1N(C(=O)c1ccc(Cl)cc1N)CCC2. The lowest BCUT2D eigenvalue weighted by molar-refractivity contribution is 0.0986. The number of benzene rings is 2. The maximum atomic E-state index is 12.8. The summed E-state index contributed by atoms with van der Waals surface area (Å²) in [4.78, 5) is 14.7. The fraction of sp³-hybridized carbons (Fsp3) is 0.235. The molecule has 0 fully saturated rings. The molecule has 4 heteroatoms. The summed E-state index contributed by atoms with van der Waals surface area (Å²) in [5.41, 5.74) is 10.3. The number of nitrogens with zero attached hydrogens (tertiary/aromatic N) is 1. The van der Waals surface area contributed by atoms with Gasteiger partial charge in [-0.05, 0) is 49.1 Å². The van der Waals surface area contributed by atoms with Crippen LogP contribution in [0.3, 0.4) is 0 Å². The van der Waals surface area contributed by atoms with Crippen molar-refractivity contribution >= 4 is 28.9 Å². The van der Waals surface area contributed by atoms with E-state index in [4.69, 9.17) is 17.3 Å². The maximum Gasteiger partial charge on any atom is 0.260 e. The van der Waals surface area contributed by atoms with E-state index < -0.39 is 0 Å². The Kier molecular flexibility index (Phi) is 3.60. The van der Waals surface area contributed by atoms with E-state index >= 15 is 0 Å². The summed E-state index contributed by atoms with van der Waals surface area (Å²) in [5, 5.41) is 0.541. The molecular weight excluding hydrogens is 284 g/mol. The van der Waals surface area contributed by atoms with Crippen LogP contribution in [-0.2, 0) is 6.42 Å². The molecule has 108 valence electrons. The lowest BCUT2D eigenvalue weighted by Crippen LogP contribution is -2.36. The van der Waals surface area contributed by atoms with Gasteiger partial charge in [0.15, 0.2) is 0 Å². The summed E-state index contributed by atoms with van der Waals surface area (Å²) < 4.78 is 0. The average molecular weight is 301 g/mol. The molecule has 21 heavy (non-hydrogen) atoms. The van der Waals surface area contributed by atoms with E-state index in [2.05, 4.69) is 6.07 Å². The van der Waals surface area contributed by atoms with Gasteiger partial charge in [0.25, 0.3) is 5.91 Å². The van der Waals surface area contributed by atoms with Crippen molar-refractivity contribution in [2.45, 2.75) is 19.8 Å². The van der Waals surface area contributed by atoms with Gasteiger partial charge in [-0.15, -0.1) is 0 Å². The van der Waals surface area contributed by atoms with Gasteiger partial charge in [0.2, 0.25) is 0 Å². The third-order valence-electron chi connectivity index (χ3n) is 3.91. The second-order valence-electron chi connectivity index (χ2n) is 5.37. The van der Waals surface area contributed by atoms with E-state index in [9.17, 15) is 4.79 Å². The van der Waals surface area contributed by atoms with Crippen LogP contribution < -0.4 is 10.6 Å². The zero-order valence-electron chi connectivity index (χ0n) is 11.9. The van der Waals surface area contributed by atoms with Crippen LogP contribution in [-0.4, -0.2) is 12.5 Å². The fourth-order valence-electron chi connectivity index (χ4n) is 2.92. The van der Waals surface area contributed by atoms with Gasteiger partial charge in [0, 0.05) is 17.3 Å². The summed E-state index contributed by atoms with van der Waals surface area (Å²) in [6, 6.07) is 11.2. The molecule has 0 unspecified atom stereocenters. The molecule has 0 spiro atoms. The van der Waals surface area contributed by atoms with Crippen LogP contribution in [0, 0.1) is 6.92 Å². The van der Waals surface area contributed by atoms with Crippen molar-refractivity contribution in [2.24, 2.45) is 0 Å². The largest absolute Gasteiger partial charge is 0.398 e. The van der Waals surface area contributed by atoms with Gasteiger partial charge in [-0.3, -0.25) is 4.79 Å². The monoisotopic (exact) mass is 300 g/mol. The molecule has 0 atom stereocenters. The van der Waals surface area contributed by atoms with Gasteiger partial charge in [0.1, 0.15) is 0 Å². The molecule has 0 aromatic heterocycles. The first kappa shape index (κ1) is 14.0. The Hall–Kier alpha value is -2.00. The number of fused-ring (bicyclic) bond motifs is 1. The van der Waals surface area contributed by atoms with Crippen LogP contribution >= 0.6 is 11.6 Å². The number of hydrogen-bond donors (Lipinski definition) is 1. The molecule has 0 aliphatic carbocycles. The Morgan fingerprint density at radius 3 is 2.86 bits per heavy atom. The van der Waals surface area contributed by atoms with Crippen LogP contribution in [0.4, 0.5) is 11.4 Å². The van der Waals surface area contributed by atoms with Crippen LogP contribution in [0.1, 0.15) is 27.9 Å². The highest BCUT2D eigenvalue weighted by atomic mass is 35.5. The molecule has 0 radical (unpaired) electrons. The van der Waals surface area contributed by atoms with Gasteiger partial charge >= 0.3 is 0 Å². The first-order chi connectivity index (χ1) is 10.1. The van der Waals surface area contributed by atoms with Crippen molar-refractivity contribution in [1.82, 2.24) is 0 Å². The highest BCUT2D eigenvalue weighted by Gasteiger charge is 2.26. The topological polar surface area (TPSA) is 46.3 Å². The van der Waals surface area contributed by atoms with Crippen molar-refractivity contribution in [3.8, 4) is 0 Å². The summed E-state index contributed by atoms with van der Waals surface area (Å²) >= 11 is 5.91. The number of aryl methyl sites for hydroxylation is 2. The predicted octanol–water partition coefficient (Wildman–Crippen LogP) is 3.82. The lowest BCUT2D eigenvalue weighted by atomic mass is 9.97. The molecule has 1 heterocycles. The van der Waals surface area contributed by atoms with Crippen molar-refractivity contribution in [3.63, 3.8) is 0 Å². The molecule has 1 aliphatic heterocycles. The van der Waals surface area contributed by atoms with E-state index in [0.717, 1.165) is 30.6 Å². The molecule has 2 aromatic carbocycles. The van der Waals surface area contributed by atoms with Crippen LogP contribution in [0.15, 0.2) is 36.4 Å². The molecular formula is C17H17ClN2O. The average Bonchev–Trinajstić information content (AvgIpc) is 2.46. The minimum atomic E-state index is -0.0561. The van der Waals surface area contributed by atoms with Crippen molar-refractivity contribution in [1.29, 1.82) is 0 Å². The van der Waals surface area contributed by atoms with E-state index in [0.29, 0.717) is 16.3 Å². The van der Waals surface area contributed by atoms with Crippen LogP contribution in [0.25, 0.3) is 0 Å². The smallest absolute Gasteiger partial charge is 0.260 e. The summed E-state index contributed by atoms with van der Waals surface area (Å²) in [5.74, 6) is -0.0561. The van der Waals surface area contributed by atoms with Gasteiger partial charge in [0.05, 0.1) is 11.3 Å². The van der Waals surface area contributed by atoms with Crippen molar-refractivity contribution < 1.29 is 4.79 Å². The molecule has 2 aromatic rings. The Morgan fingerprint density at radius 2 is 2.10 bits per heavy atom. The number of anilines is 2. The van der Waals surface area contributed by atoms with Gasteiger partial charge in [-0.1, -0.05) is 29.8 Å². The minimum absolute atomic E-state index is 0.0561. The number of halogens is 1. The molecule has 1 aliphatic rings. The Labute approximate surface area is 129 Å². The normalized spacial score (nSPS) is 13.9. The van der Waals surface area contributed by atoms with Crippen LogP contribution in [0.2, 0.25) is 5.02 Å². The lowest BCUT2D eigenvalue weighted by Gasteiger charge is -2.31. The van der Waals surface area contributed by atoms with E-state index in [1.165, 1.54) is 5.56 Å². The standard InChI is InChI=1S/C17H17ClN2O/c1-11-4-2-5-12-6-3-9-20(16(11)12)17(21)14-8-7-13(18)10-15(14)19/h2,4-5,7-8,10H,3,6,9,19H2,1H3. The number of carbonyl (C=O) groups is 1. The number of amides is 1. The minimum Gasteiger partial charge on any atom is -0.398 e. The molecule has 0 saturated heterocycles. The second kappa shape index (κ2) is 5.41. The quantitative estimate of drug-likeness (QED) is 0.814. The Morgan fingerprint density at radius 1 is 1.29 bits per heavy atom. The van der Waals surface area contributed by atoms with Crippen molar-refractivity contribution in [3.05, 3.63) is 58.1 Å². The van der Waals surface area contributed by atoms with E-state index in [1.807, 2.05) is 24.0 Å². The van der Waals surface area contributed by atoms with Gasteiger partial charge < -0.3 is 10.6 Å². The Bertz CT molecular complexity index is 712. The molecule has 2 N–H and O–H groups in total. The third kappa shape index (κ3) is 2.49. The third-order valence-corrected chi connectivity index (χ3v) is 4.14. The zero-order chi connectivity index (χ0) is 15.0.